The summed E-state index contributed by atoms with van der Waals surface area (Å²) < 4.78 is 31.7. The molecular formula is C14H30N2O3S. The molecule has 0 aromatic carbocycles. The van der Waals surface area contributed by atoms with Gasteiger partial charge < -0.3 is 10.1 Å². The predicted molar refractivity (Wildman–Crippen MR) is 82.4 cm³/mol. The molecule has 1 saturated heterocycles. The molecule has 1 aliphatic heterocycles. The van der Waals surface area contributed by atoms with Crippen LogP contribution in [0.1, 0.15) is 47.0 Å². The molecule has 0 aromatic rings. The van der Waals surface area contributed by atoms with Crippen molar-refractivity contribution in [2.24, 2.45) is 0 Å². The molecule has 0 radical (unpaired) electrons. The van der Waals surface area contributed by atoms with E-state index in [1.54, 1.807) is 4.31 Å². The maximum absolute atomic E-state index is 12.4. The Morgan fingerprint density at radius 1 is 1.30 bits per heavy atom. The van der Waals surface area contributed by atoms with Crippen molar-refractivity contribution >= 4 is 10.0 Å². The molecule has 0 bridgehead atoms. The van der Waals surface area contributed by atoms with Crippen molar-refractivity contribution in [3.05, 3.63) is 0 Å². The Morgan fingerprint density at radius 2 is 2.00 bits per heavy atom. The molecule has 0 amide bonds. The Morgan fingerprint density at radius 3 is 2.60 bits per heavy atom. The van der Waals surface area contributed by atoms with Gasteiger partial charge in [-0.05, 0) is 40.5 Å². The van der Waals surface area contributed by atoms with Gasteiger partial charge >= 0.3 is 0 Å². The summed E-state index contributed by atoms with van der Waals surface area (Å²) in [6, 6.07) is 0.0783. The molecular weight excluding hydrogens is 276 g/mol. The first-order valence-corrected chi connectivity index (χ1v) is 9.19. The molecule has 1 rings (SSSR count). The number of sulfonamides is 1. The van der Waals surface area contributed by atoms with Crippen molar-refractivity contribution in [1.82, 2.24) is 9.62 Å². The van der Waals surface area contributed by atoms with E-state index in [1.807, 2.05) is 6.92 Å². The number of nitrogens with one attached hydrogen (secondary N) is 1. The first-order chi connectivity index (χ1) is 9.26. The summed E-state index contributed by atoms with van der Waals surface area (Å²) in [4.78, 5) is 0. The maximum atomic E-state index is 12.4. The molecule has 0 saturated carbocycles. The van der Waals surface area contributed by atoms with Crippen molar-refractivity contribution in [3.8, 4) is 0 Å². The molecule has 0 spiro atoms. The smallest absolute Gasteiger partial charge is 0.216 e. The van der Waals surface area contributed by atoms with Crippen LogP contribution in [0.4, 0.5) is 0 Å². The SMILES string of the molecule is CCOCCS(=O)(=O)N1CCCCC1CNC(C)(C)C. The highest BCUT2D eigenvalue weighted by Gasteiger charge is 2.32. The highest BCUT2D eigenvalue weighted by atomic mass is 32.2. The van der Waals surface area contributed by atoms with Gasteiger partial charge in [0.15, 0.2) is 0 Å². The van der Waals surface area contributed by atoms with E-state index in [1.165, 1.54) is 0 Å². The quantitative estimate of drug-likeness (QED) is 0.726. The molecule has 1 aliphatic rings. The molecule has 1 N–H and O–H groups in total. The topological polar surface area (TPSA) is 58.6 Å². The number of piperidine rings is 1. The fourth-order valence-corrected chi connectivity index (χ4v) is 4.00. The summed E-state index contributed by atoms with van der Waals surface area (Å²) in [7, 11) is -3.20. The van der Waals surface area contributed by atoms with Crippen LogP contribution in [-0.2, 0) is 14.8 Å². The molecule has 0 aliphatic carbocycles. The van der Waals surface area contributed by atoms with E-state index < -0.39 is 10.0 Å². The Hall–Kier alpha value is -0.170. The van der Waals surface area contributed by atoms with Gasteiger partial charge in [-0.3, -0.25) is 0 Å². The van der Waals surface area contributed by atoms with Crippen LogP contribution in [0, 0.1) is 0 Å². The van der Waals surface area contributed by atoms with Gasteiger partial charge in [-0.25, -0.2) is 8.42 Å². The summed E-state index contributed by atoms with van der Waals surface area (Å²) in [5.41, 5.74) is 0.0121. The van der Waals surface area contributed by atoms with Crippen LogP contribution >= 0.6 is 0 Å². The third kappa shape index (κ3) is 6.08. The second kappa shape index (κ2) is 7.73. The van der Waals surface area contributed by atoms with E-state index in [2.05, 4.69) is 26.1 Å². The van der Waals surface area contributed by atoms with Crippen LogP contribution in [-0.4, -0.2) is 56.4 Å². The number of rotatable bonds is 7. The average Bonchev–Trinajstić information content (AvgIpc) is 2.36. The Balaban J connectivity index is 2.63. The van der Waals surface area contributed by atoms with Crippen molar-refractivity contribution in [2.45, 2.75) is 58.5 Å². The minimum atomic E-state index is -3.20. The van der Waals surface area contributed by atoms with Gasteiger partial charge in [0.2, 0.25) is 10.0 Å². The molecule has 120 valence electrons. The van der Waals surface area contributed by atoms with Crippen LogP contribution in [0.25, 0.3) is 0 Å². The fraction of sp³-hybridized carbons (Fsp3) is 1.00. The average molecular weight is 306 g/mol. The highest BCUT2D eigenvalue weighted by molar-refractivity contribution is 7.89. The number of nitrogens with zero attached hydrogens (tertiary/aromatic N) is 1. The van der Waals surface area contributed by atoms with Crippen molar-refractivity contribution in [2.75, 3.05) is 32.1 Å². The molecule has 6 heteroatoms. The van der Waals surface area contributed by atoms with Gasteiger partial charge in [0, 0.05) is 31.3 Å². The van der Waals surface area contributed by atoms with Gasteiger partial charge in [0.25, 0.3) is 0 Å². The van der Waals surface area contributed by atoms with Gasteiger partial charge in [0.05, 0.1) is 12.4 Å². The summed E-state index contributed by atoms with van der Waals surface area (Å²) in [5.74, 6) is 0.0901. The second-order valence-corrected chi connectivity index (χ2v) is 8.45. The van der Waals surface area contributed by atoms with Crippen LogP contribution in [0.2, 0.25) is 0 Å². The zero-order chi connectivity index (χ0) is 15.2. The molecule has 1 atom stereocenters. The number of ether oxygens (including phenoxy) is 1. The fourth-order valence-electron chi connectivity index (χ4n) is 2.39. The molecule has 1 heterocycles. The highest BCUT2D eigenvalue weighted by Crippen LogP contribution is 2.21. The van der Waals surface area contributed by atoms with Crippen LogP contribution in [0.5, 0.6) is 0 Å². The number of hydrogen-bond donors (Lipinski definition) is 1. The van der Waals surface area contributed by atoms with Gasteiger partial charge in [-0.1, -0.05) is 6.42 Å². The van der Waals surface area contributed by atoms with Crippen LogP contribution < -0.4 is 5.32 Å². The van der Waals surface area contributed by atoms with E-state index in [0.29, 0.717) is 13.2 Å². The summed E-state index contributed by atoms with van der Waals surface area (Å²) >= 11 is 0. The van der Waals surface area contributed by atoms with Crippen molar-refractivity contribution in [1.29, 1.82) is 0 Å². The summed E-state index contributed by atoms with van der Waals surface area (Å²) in [5, 5.41) is 3.42. The number of hydrogen-bond acceptors (Lipinski definition) is 4. The van der Waals surface area contributed by atoms with Crippen molar-refractivity contribution in [3.63, 3.8) is 0 Å². The zero-order valence-electron chi connectivity index (χ0n) is 13.3. The molecule has 1 unspecified atom stereocenters. The molecule has 5 nitrogen and oxygen atoms in total. The lowest BCUT2D eigenvalue weighted by Gasteiger charge is -2.36. The predicted octanol–water partition coefficient (Wildman–Crippen LogP) is 1.60. The lowest BCUT2D eigenvalue weighted by molar-refractivity contribution is 0.160. The van der Waals surface area contributed by atoms with E-state index in [0.717, 1.165) is 25.8 Å². The largest absolute Gasteiger partial charge is 0.381 e. The lowest BCUT2D eigenvalue weighted by Crippen LogP contribution is -2.52. The van der Waals surface area contributed by atoms with Gasteiger partial charge in [-0.15, -0.1) is 0 Å². The van der Waals surface area contributed by atoms with Crippen LogP contribution in [0.15, 0.2) is 0 Å². The third-order valence-corrected chi connectivity index (χ3v) is 5.37. The first-order valence-electron chi connectivity index (χ1n) is 7.58. The van der Waals surface area contributed by atoms with Crippen LogP contribution in [0.3, 0.4) is 0 Å². The Kier molecular flexibility index (Phi) is 6.91. The Bertz CT molecular complexity index is 376. The van der Waals surface area contributed by atoms with Gasteiger partial charge in [0.1, 0.15) is 0 Å². The summed E-state index contributed by atoms with van der Waals surface area (Å²) in [6.45, 7) is 10.4. The van der Waals surface area contributed by atoms with Crippen molar-refractivity contribution < 1.29 is 13.2 Å². The van der Waals surface area contributed by atoms with E-state index in [9.17, 15) is 8.42 Å². The second-order valence-electron chi connectivity index (χ2n) is 6.40. The maximum Gasteiger partial charge on any atom is 0.216 e. The van der Waals surface area contributed by atoms with Gasteiger partial charge in [-0.2, -0.15) is 4.31 Å². The minimum absolute atomic E-state index is 0.0121. The minimum Gasteiger partial charge on any atom is -0.381 e. The monoisotopic (exact) mass is 306 g/mol. The standard InChI is InChI=1S/C14H30N2O3S/c1-5-19-10-11-20(17,18)16-9-7-6-8-13(16)12-15-14(2,3)4/h13,15H,5-12H2,1-4H3. The van der Waals surface area contributed by atoms with E-state index >= 15 is 0 Å². The Labute approximate surface area is 124 Å². The molecule has 20 heavy (non-hydrogen) atoms. The summed E-state index contributed by atoms with van der Waals surface area (Å²) in [6.07, 6.45) is 3.00. The molecule has 0 aromatic heterocycles. The lowest BCUT2D eigenvalue weighted by atomic mass is 10.0. The normalized spacial score (nSPS) is 22.1. The van der Waals surface area contributed by atoms with E-state index in [4.69, 9.17) is 4.74 Å². The zero-order valence-corrected chi connectivity index (χ0v) is 14.1. The third-order valence-electron chi connectivity index (χ3n) is 3.49. The molecule has 1 fully saturated rings. The van der Waals surface area contributed by atoms with E-state index in [-0.39, 0.29) is 23.9 Å². The first kappa shape index (κ1) is 17.9.